The van der Waals surface area contributed by atoms with E-state index in [1.165, 1.54) is 18.3 Å². The second-order valence-electron chi connectivity index (χ2n) is 9.68. The van der Waals surface area contributed by atoms with E-state index in [4.69, 9.17) is 42.1 Å². The third-order valence-electron chi connectivity index (χ3n) is 6.73. The van der Waals surface area contributed by atoms with Crippen LogP contribution in [0.3, 0.4) is 0 Å². The van der Waals surface area contributed by atoms with Crippen LogP contribution in [0.5, 0.6) is 11.5 Å². The Morgan fingerprint density at radius 3 is 2.69 bits per heavy atom. The fourth-order valence-electron chi connectivity index (χ4n) is 4.65. The maximum absolute atomic E-state index is 13.7. The lowest BCUT2D eigenvalue weighted by Gasteiger charge is -2.16. The van der Waals surface area contributed by atoms with Crippen molar-refractivity contribution in [3.05, 3.63) is 125 Å². The van der Waals surface area contributed by atoms with E-state index in [0.717, 1.165) is 10.1 Å². The van der Waals surface area contributed by atoms with Crippen LogP contribution in [-0.4, -0.2) is 27.4 Å². The van der Waals surface area contributed by atoms with Gasteiger partial charge in [-0.05, 0) is 70.9 Å². The topological polar surface area (TPSA) is 122 Å². The van der Waals surface area contributed by atoms with E-state index in [2.05, 4.69) is 21.0 Å². The average molecular weight is 708 g/mol. The quantitative estimate of drug-likeness (QED) is 0.0837. The zero-order valence-electron chi connectivity index (χ0n) is 23.4. The van der Waals surface area contributed by atoms with E-state index >= 15 is 0 Å². The van der Waals surface area contributed by atoms with Gasteiger partial charge in [-0.2, -0.15) is 9.78 Å². The molecule has 0 atom stereocenters. The predicted molar refractivity (Wildman–Crippen MR) is 177 cm³/mol. The minimum Gasteiger partial charge on any atom is -0.490 e. The zero-order valence-corrected chi connectivity index (χ0v) is 26.5. The van der Waals surface area contributed by atoms with Crippen molar-refractivity contribution in [2.75, 3.05) is 6.61 Å². The van der Waals surface area contributed by atoms with E-state index in [-0.39, 0.29) is 28.9 Å². The highest BCUT2D eigenvalue weighted by Crippen LogP contribution is 2.43. The molecule has 6 rings (SSSR count). The molecule has 0 amide bonds. The molecule has 0 aliphatic carbocycles. The number of para-hydroxylation sites is 1. The summed E-state index contributed by atoms with van der Waals surface area (Å²) in [5.41, 5.74) is 1.65. The van der Waals surface area contributed by atoms with Gasteiger partial charge in [0.05, 0.1) is 28.6 Å². The molecule has 0 fully saturated rings. The van der Waals surface area contributed by atoms with Crippen molar-refractivity contribution in [3.8, 4) is 23.1 Å². The molecule has 0 spiro atoms. The summed E-state index contributed by atoms with van der Waals surface area (Å²) in [5.74, 6) is 1.06. The van der Waals surface area contributed by atoms with Gasteiger partial charge in [-0.1, -0.05) is 47.5 Å². The molecular weight excluding hydrogens is 687 g/mol. The number of rotatable bonds is 9. The van der Waals surface area contributed by atoms with Crippen molar-refractivity contribution in [1.29, 1.82) is 0 Å². The summed E-state index contributed by atoms with van der Waals surface area (Å²) < 4.78 is 19.4. The maximum atomic E-state index is 13.7. The molecule has 0 unspecified atom stereocenters. The van der Waals surface area contributed by atoms with Gasteiger partial charge in [0.2, 0.25) is 5.82 Å². The van der Waals surface area contributed by atoms with Crippen molar-refractivity contribution in [3.63, 3.8) is 0 Å². The Bertz CT molecular complexity index is 2200. The molecule has 2 aromatic heterocycles. The summed E-state index contributed by atoms with van der Waals surface area (Å²) in [5, 5.41) is 17.5. The summed E-state index contributed by atoms with van der Waals surface area (Å²) in [7, 11) is 0. The molecule has 0 aliphatic heterocycles. The number of nitro benzene ring substituents is 1. The molecule has 0 N–H and O–H groups in total. The molecule has 6 aromatic rings. The lowest BCUT2D eigenvalue weighted by Crippen LogP contribution is -2.20. The highest BCUT2D eigenvalue weighted by atomic mass is 79.9. The average Bonchev–Trinajstić information content (AvgIpc) is 3.46. The van der Waals surface area contributed by atoms with E-state index in [1.54, 1.807) is 73.7 Å². The van der Waals surface area contributed by atoms with E-state index in [0.29, 0.717) is 55.2 Å². The van der Waals surface area contributed by atoms with Crippen LogP contribution in [0.2, 0.25) is 10.0 Å². The summed E-state index contributed by atoms with van der Waals surface area (Å²) in [6.45, 7) is 2.11. The number of halogens is 3. The highest BCUT2D eigenvalue weighted by Gasteiger charge is 2.20. The number of nitrogens with zero attached hydrogens (tertiary/aromatic N) is 4. The van der Waals surface area contributed by atoms with Crippen molar-refractivity contribution in [2.24, 2.45) is 5.10 Å². The van der Waals surface area contributed by atoms with Crippen LogP contribution < -0.4 is 15.0 Å². The van der Waals surface area contributed by atoms with Gasteiger partial charge in [-0.3, -0.25) is 14.9 Å². The van der Waals surface area contributed by atoms with E-state index in [1.807, 2.05) is 0 Å². The van der Waals surface area contributed by atoms with Gasteiger partial charge < -0.3 is 13.9 Å². The van der Waals surface area contributed by atoms with Gasteiger partial charge in [0.15, 0.2) is 17.3 Å². The third kappa shape index (κ3) is 6.15. The molecule has 10 nitrogen and oxygen atoms in total. The Morgan fingerprint density at radius 2 is 1.89 bits per heavy atom. The van der Waals surface area contributed by atoms with Crippen LogP contribution in [-0.2, 0) is 6.61 Å². The first-order chi connectivity index (χ1) is 21.7. The molecule has 2 heterocycles. The predicted octanol–water partition coefficient (Wildman–Crippen LogP) is 8.65. The molecule has 45 heavy (non-hydrogen) atoms. The molecule has 226 valence electrons. The zero-order chi connectivity index (χ0) is 31.7. The highest BCUT2D eigenvalue weighted by molar-refractivity contribution is 9.10. The Labute approximate surface area is 273 Å². The Kier molecular flexibility index (Phi) is 8.57. The van der Waals surface area contributed by atoms with Gasteiger partial charge in [-0.25, -0.2) is 4.98 Å². The molecule has 0 radical (unpaired) electrons. The Balaban J connectivity index is 1.41. The fourth-order valence-corrected chi connectivity index (χ4v) is 5.48. The van der Waals surface area contributed by atoms with Crippen LogP contribution in [0.4, 0.5) is 5.69 Å². The van der Waals surface area contributed by atoms with Crippen LogP contribution in [0, 0.1) is 10.1 Å². The number of furan rings is 1. The Morgan fingerprint density at radius 1 is 1.07 bits per heavy atom. The molecular formula is C32H21BrCl2N4O6. The molecule has 13 heteroatoms. The van der Waals surface area contributed by atoms with Gasteiger partial charge in [0, 0.05) is 32.6 Å². The van der Waals surface area contributed by atoms with Crippen LogP contribution in [0.15, 0.2) is 97.6 Å². The second kappa shape index (κ2) is 12.7. The summed E-state index contributed by atoms with van der Waals surface area (Å²) >= 11 is 16.4. The number of nitro groups is 1. The fraction of sp³-hybridized carbons (Fsp3) is 0.0938. The number of hydrogen-bond acceptors (Lipinski definition) is 8. The molecule has 0 aliphatic rings. The van der Waals surface area contributed by atoms with Crippen LogP contribution in [0.1, 0.15) is 18.1 Å². The van der Waals surface area contributed by atoms with Gasteiger partial charge in [-0.15, -0.1) is 0 Å². The lowest BCUT2D eigenvalue weighted by atomic mass is 10.2. The third-order valence-corrected chi connectivity index (χ3v) is 8.40. The summed E-state index contributed by atoms with van der Waals surface area (Å²) in [4.78, 5) is 29.1. The number of fused-ring (bicyclic) bond motifs is 2. The standard InChI is InChI=1S/C32H21BrCl2N4O6/c1-2-43-26-15-20(28(33)29(35)30(26)44-17-18-6-5-7-22(12-18)39(41)42)16-36-38-31(37-24-9-4-3-8-23(24)32(38)40)27-14-19-13-21(34)10-11-25(19)45-27/h3-16H,2,17H2,1H3. The second-order valence-corrected chi connectivity index (χ2v) is 11.3. The maximum Gasteiger partial charge on any atom is 0.282 e. The van der Waals surface area contributed by atoms with Gasteiger partial charge >= 0.3 is 0 Å². The van der Waals surface area contributed by atoms with Crippen LogP contribution >= 0.6 is 39.1 Å². The van der Waals surface area contributed by atoms with Gasteiger partial charge in [0.1, 0.15) is 17.2 Å². The smallest absolute Gasteiger partial charge is 0.282 e. The number of benzene rings is 4. The monoisotopic (exact) mass is 706 g/mol. The number of non-ortho nitro benzene ring substituents is 1. The first-order valence-corrected chi connectivity index (χ1v) is 15.0. The summed E-state index contributed by atoms with van der Waals surface area (Å²) in [6.07, 6.45) is 1.45. The number of ether oxygens (including phenoxy) is 2. The Hall–Kier alpha value is -4.71. The largest absolute Gasteiger partial charge is 0.490 e. The van der Waals surface area contributed by atoms with Crippen molar-refractivity contribution >= 4 is 72.9 Å². The lowest BCUT2D eigenvalue weighted by molar-refractivity contribution is -0.384. The molecule has 0 saturated carbocycles. The van der Waals surface area contributed by atoms with Crippen LogP contribution in [0.25, 0.3) is 33.5 Å². The van der Waals surface area contributed by atoms with Crippen molar-refractivity contribution < 1.29 is 18.8 Å². The van der Waals surface area contributed by atoms with Crippen molar-refractivity contribution in [1.82, 2.24) is 9.66 Å². The van der Waals surface area contributed by atoms with Gasteiger partial charge in [0.25, 0.3) is 11.2 Å². The molecule has 4 aromatic carbocycles. The number of aromatic nitrogens is 2. The summed E-state index contributed by atoms with van der Waals surface area (Å²) in [6, 6.07) is 21.7. The normalized spacial score (nSPS) is 11.5. The minimum atomic E-state index is -0.474. The SMILES string of the molecule is CCOc1cc(C=Nn2c(-c3cc4cc(Cl)ccc4o3)nc3ccccc3c2=O)c(Br)c(Cl)c1OCc1cccc([N+](=O)[O-])c1. The number of hydrogen-bond donors (Lipinski definition) is 0. The molecule has 0 saturated heterocycles. The first kappa shape index (κ1) is 30.3. The first-order valence-electron chi connectivity index (χ1n) is 13.5. The van der Waals surface area contributed by atoms with E-state index < -0.39 is 10.5 Å². The van der Waals surface area contributed by atoms with Crippen molar-refractivity contribution in [2.45, 2.75) is 13.5 Å². The molecule has 0 bridgehead atoms. The van der Waals surface area contributed by atoms with E-state index in [9.17, 15) is 14.9 Å². The minimum absolute atomic E-state index is 0.00553.